The van der Waals surface area contributed by atoms with Gasteiger partial charge in [-0.3, -0.25) is 0 Å². The predicted octanol–water partition coefficient (Wildman–Crippen LogP) is 3.41. The van der Waals surface area contributed by atoms with E-state index in [1.807, 2.05) is 0 Å². The van der Waals surface area contributed by atoms with E-state index in [2.05, 4.69) is 20.1 Å². The third-order valence-corrected chi connectivity index (χ3v) is 1.11. The van der Waals surface area contributed by atoms with E-state index >= 15 is 0 Å². The molecule has 6 heteroatoms. The molecule has 0 aromatic heterocycles. The molecule has 0 rings (SSSR count). The molecule has 0 spiro atoms. The molecule has 0 aromatic carbocycles. The molecule has 0 amide bonds. The van der Waals surface area contributed by atoms with Gasteiger partial charge in [0.2, 0.25) is 0 Å². The van der Waals surface area contributed by atoms with Crippen LogP contribution < -0.4 is 0 Å². The van der Waals surface area contributed by atoms with Gasteiger partial charge in [-0.15, -0.1) is 0 Å². The van der Waals surface area contributed by atoms with Crippen molar-refractivity contribution in [3.8, 4) is 0 Å². The van der Waals surface area contributed by atoms with E-state index < -0.39 is 0 Å². The molecule has 0 heterocycles. The zero-order valence-corrected chi connectivity index (χ0v) is 6.84. The van der Waals surface area contributed by atoms with Crippen LogP contribution in [0, 0.1) is 0 Å². The highest BCUT2D eigenvalue weighted by molar-refractivity contribution is 5.27. The summed E-state index contributed by atoms with van der Waals surface area (Å²) in [6.07, 6.45) is 3.15. The van der Waals surface area contributed by atoms with Crippen molar-refractivity contribution >= 4 is 0 Å². The second-order valence-corrected chi connectivity index (χ2v) is 1.73. The van der Waals surface area contributed by atoms with Gasteiger partial charge in [-0.25, -0.2) is 0 Å². The Bertz CT molecular complexity index is 268. The van der Waals surface area contributed by atoms with Gasteiger partial charge in [-0.05, 0) is 24.9 Å². The van der Waals surface area contributed by atoms with Crippen LogP contribution in [0.15, 0.2) is 33.8 Å². The summed E-state index contributed by atoms with van der Waals surface area (Å²) in [7, 11) is 0. The molecule has 6 nitrogen and oxygen atoms in total. The summed E-state index contributed by atoms with van der Waals surface area (Å²) in [6.45, 7) is 3.39. The lowest BCUT2D eigenvalue weighted by molar-refractivity contribution is 1.18. The Morgan fingerprint density at radius 1 is 1.00 bits per heavy atom. The minimum atomic E-state index is 0.331. The maximum absolute atomic E-state index is 8.14. The van der Waals surface area contributed by atoms with Gasteiger partial charge >= 0.3 is 0 Å². The maximum atomic E-state index is 8.14. The van der Waals surface area contributed by atoms with Crippen LogP contribution in [0.25, 0.3) is 20.9 Å². The highest BCUT2D eigenvalue weighted by atomic mass is 15.2. The fourth-order valence-electron chi connectivity index (χ4n) is 0.610. The van der Waals surface area contributed by atoms with Gasteiger partial charge in [0.25, 0.3) is 0 Å². The number of azide groups is 2. The molecule has 0 aliphatic heterocycles. The van der Waals surface area contributed by atoms with Gasteiger partial charge < -0.3 is 0 Å². The Morgan fingerprint density at radius 2 is 1.33 bits per heavy atom. The summed E-state index contributed by atoms with van der Waals surface area (Å²) in [6, 6.07) is 0. The second-order valence-electron chi connectivity index (χ2n) is 1.73. The van der Waals surface area contributed by atoms with Crippen molar-refractivity contribution in [2.75, 3.05) is 0 Å². The van der Waals surface area contributed by atoms with Crippen LogP contribution in [0.3, 0.4) is 0 Å². The van der Waals surface area contributed by atoms with E-state index in [1.165, 1.54) is 0 Å². The first-order valence-electron chi connectivity index (χ1n) is 3.23. The van der Waals surface area contributed by atoms with Crippen molar-refractivity contribution in [2.45, 2.75) is 13.8 Å². The maximum Gasteiger partial charge on any atom is 0.0424 e. The van der Waals surface area contributed by atoms with E-state index in [0.29, 0.717) is 11.4 Å². The Hall–Kier alpha value is -1.90. The van der Waals surface area contributed by atoms with Gasteiger partial charge in [0.1, 0.15) is 0 Å². The van der Waals surface area contributed by atoms with E-state index in [0.717, 1.165) is 0 Å². The highest BCUT2D eigenvalue weighted by Crippen LogP contribution is 2.12. The minimum absolute atomic E-state index is 0.331. The lowest BCUT2D eigenvalue weighted by Gasteiger charge is -1.95. The van der Waals surface area contributed by atoms with Crippen LogP contribution in [0.4, 0.5) is 0 Å². The monoisotopic (exact) mass is 164 g/mol. The van der Waals surface area contributed by atoms with Crippen LogP contribution >= 0.6 is 0 Å². The summed E-state index contributed by atoms with van der Waals surface area (Å²) >= 11 is 0. The van der Waals surface area contributed by atoms with Crippen LogP contribution in [0.2, 0.25) is 0 Å². The first-order chi connectivity index (χ1) is 5.79. The molecule has 62 valence electrons. The number of nitrogens with zero attached hydrogens (tertiary/aromatic N) is 6. The summed E-state index contributed by atoms with van der Waals surface area (Å²) in [5, 5.41) is 6.68. The first-order valence-corrected chi connectivity index (χ1v) is 3.23. The van der Waals surface area contributed by atoms with Crippen molar-refractivity contribution < 1.29 is 0 Å². The molecule has 0 bridgehead atoms. The normalized spacial score (nSPS) is 11.5. The Balaban J connectivity index is 4.96. The molecular weight excluding hydrogens is 156 g/mol. The van der Waals surface area contributed by atoms with Crippen LogP contribution in [-0.2, 0) is 0 Å². The van der Waals surface area contributed by atoms with Gasteiger partial charge in [0.15, 0.2) is 0 Å². The fourth-order valence-corrected chi connectivity index (χ4v) is 0.610. The van der Waals surface area contributed by atoms with Gasteiger partial charge in [0, 0.05) is 21.2 Å². The number of hydrogen-bond donors (Lipinski definition) is 0. The standard InChI is InChI=1S/C6H8N6/c1-3-5(9-11-7)6(4-2)10-12-8/h3-4H,1-2H3. The van der Waals surface area contributed by atoms with Crippen molar-refractivity contribution in [1.82, 2.24) is 0 Å². The largest absolute Gasteiger partial charge is 0.0776 e. The molecule has 0 N–H and O–H groups in total. The summed E-state index contributed by atoms with van der Waals surface area (Å²) < 4.78 is 0. The van der Waals surface area contributed by atoms with Crippen LogP contribution in [-0.4, -0.2) is 0 Å². The molecule has 0 aliphatic rings. The molecule has 0 unspecified atom stereocenters. The molecule has 0 saturated heterocycles. The predicted molar refractivity (Wildman–Crippen MR) is 45.8 cm³/mol. The lowest BCUT2D eigenvalue weighted by atomic mass is 10.3. The molecule has 0 radical (unpaired) electrons. The van der Waals surface area contributed by atoms with Crippen LogP contribution in [0.1, 0.15) is 13.8 Å². The quantitative estimate of drug-likeness (QED) is 0.264. The van der Waals surface area contributed by atoms with Gasteiger partial charge in [-0.2, -0.15) is 0 Å². The van der Waals surface area contributed by atoms with Crippen LogP contribution in [0.5, 0.6) is 0 Å². The minimum Gasteiger partial charge on any atom is -0.0776 e. The zero-order valence-electron chi connectivity index (χ0n) is 6.84. The Morgan fingerprint density at radius 3 is 1.50 bits per heavy atom. The van der Waals surface area contributed by atoms with Crippen molar-refractivity contribution in [2.24, 2.45) is 10.2 Å². The SMILES string of the molecule is CC=C(N=[N+]=[N-])C(=CC)N=[N+]=[N-]. The molecule has 12 heavy (non-hydrogen) atoms. The van der Waals surface area contributed by atoms with Crippen molar-refractivity contribution in [3.63, 3.8) is 0 Å². The average Bonchev–Trinajstić information content (AvgIpc) is 2.11. The third-order valence-electron chi connectivity index (χ3n) is 1.11. The van der Waals surface area contributed by atoms with E-state index in [1.54, 1.807) is 26.0 Å². The summed E-state index contributed by atoms with van der Waals surface area (Å²) in [5.41, 5.74) is 16.9. The topological polar surface area (TPSA) is 97.5 Å². The lowest BCUT2D eigenvalue weighted by Crippen LogP contribution is -1.78. The Labute approximate surface area is 69.5 Å². The molecule has 0 saturated carbocycles. The average molecular weight is 164 g/mol. The molecule has 0 fully saturated rings. The summed E-state index contributed by atoms with van der Waals surface area (Å²) in [4.78, 5) is 5.18. The van der Waals surface area contributed by atoms with Crippen molar-refractivity contribution in [1.29, 1.82) is 0 Å². The fraction of sp³-hybridized carbons (Fsp3) is 0.333. The molecule has 0 atom stereocenters. The molecular formula is C6H8N6. The smallest absolute Gasteiger partial charge is 0.0424 e. The van der Waals surface area contributed by atoms with E-state index in [-0.39, 0.29) is 0 Å². The third kappa shape index (κ3) is 2.79. The summed E-state index contributed by atoms with van der Waals surface area (Å²) in [5.74, 6) is 0. The van der Waals surface area contributed by atoms with E-state index in [4.69, 9.17) is 11.1 Å². The number of rotatable bonds is 3. The van der Waals surface area contributed by atoms with Gasteiger partial charge in [-0.1, -0.05) is 22.4 Å². The van der Waals surface area contributed by atoms with Crippen molar-refractivity contribution in [3.05, 3.63) is 44.4 Å². The van der Waals surface area contributed by atoms with Gasteiger partial charge in [0.05, 0.1) is 0 Å². The first kappa shape index (κ1) is 10.1. The highest BCUT2D eigenvalue weighted by Gasteiger charge is 1.96. The van der Waals surface area contributed by atoms with E-state index in [9.17, 15) is 0 Å². The second kappa shape index (κ2) is 5.85. The number of hydrogen-bond acceptors (Lipinski definition) is 2. The zero-order chi connectivity index (χ0) is 9.40. The molecule has 0 aliphatic carbocycles. The number of allylic oxidation sites excluding steroid dienone is 2. The Kier molecular flexibility index (Phi) is 4.93. The molecule has 0 aromatic rings.